The zero-order valence-corrected chi connectivity index (χ0v) is 17.3. The first-order valence-corrected chi connectivity index (χ1v) is 10.9. The van der Waals surface area contributed by atoms with Crippen molar-refractivity contribution in [2.45, 2.75) is 0 Å². The molecule has 0 radical (unpaired) electrons. The fourth-order valence-corrected chi connectivity index (χ4v) is 2.79. The van der Waals surface area contributed by atoms with Crippen LogP contribution in [0.1, 0.15) is 0 Å². The molecule has 0 fully saturated rings. The van der Waals surface area contributed by atoms with Crippen LogP contribution in [-0.4, -0.2) is 4.98 Å². The molecule has 1 aromatic heterocycles. The van der Waals surface area contributed by atoms with Gasteiger partial charge in [0.1, 0.15) is 11.6 Å². The van der Waals surface area contributed by atoms with Gasteiger partial charge in [0.05, 0.1) is 0 Å². The summed E-state index contributed by atoms with van der Waals surface area (Å²) in [5.41, 5.74) is 3.59. The van der Waals surface area contributed by atoms with E-state index in [1.165, 1.54) is 6.07 Å². The zero-order chi connectivity index (χ0) is 19.9. The third kappa shape index (κ3) is 4.75. The molecule has 0 aliphatic heterocycles. The molecule has 0 unspecified atom stereocenters. The molecule has 1 nitrogen and oxygen atoms in total. The van der Waals surface area contributed by atoms with Crippen LogP contribution in [0.15, 0.2) is 78.9 Å². The molecule has 1 heterocycles. The number of hydrogen-bond acceptors (Lipinski definition) is 1. The minimum absolute atomic E-state index is 0.196. The zero-order valence-electron chi connectivity index (χ0n) is 14.4. The number of halogens is 3. The third-order valence-corrected chi connectivity index (χ3v) is 4.03. The van der Waals surface area contributed by atoms with Crippen LogP contribution in [0.5, 0.6) is 0 Å². The van der Waals surface area contributed by atoms with Gasteiger partial charge in [0.25, 0.3) is 0 Å². The van der Waals surface area contributed by atoms with Crippen molar-refractivity contribution in [1.82, 2.24) is 4.98 Å². The summed E-state index contributed by atoms with van der Waals surface area (Å²) in [6.07, 6.45) is 0. The maximum atomic E-state index is 14.3. The number of pyridine rings is 1. The van der Waals surface area contributed by atoms with Crippen molar-refractivity contribution in [2.24, 2.45) is 0 Å². The van der Waals surface area contributed by atoms with E-state index in [9.17, 15) is 8.78 Å². The van der Waals surface area contributed by atoms with Crippen molar-refractivity contribution in [3.63, 3.8) is 0 Å². The van der Waals surface area contributed by atoms with E-state index in [-0.39, 0.29) is 5.56 Å². The van der Waals surface area contributed by atoms with E-state index in [1.54, 1.807) is 44.3 Å². The Morgan fingerprint density at radius 2 is 1.32 bits per heavy atom. The Bertz CT molecular complexity index is 999. The van der Waals surface area contributed by atoms with E-state index in [1.807, 2.05) is 36.4 Å². The van der Waals surface area contributed by atoms with Crippen LogP contribution >= 0.6 is 9.19 Å². The quantitative estimate of drug-likeness (QED) is 0.198. The molecule has 28 heavy (non-hydrogen) atoms. The molecule has 3 aromatic carbocycles. The molecule has 0 amide bonds. The predicted octanol–water partition coefficient (Wildman–Crippen LogP) is 6.65. The van der Waals surface area contributed by atoms with Crippen molar-refractivity contribution in [1.29, 1.82) is 0 Å². The molecule has 4 rings (SSSR count). The summed E-state index contributed by atoms with van der Waals surface area (Å²) < 4.78 is 28.0. The van der Waals surface area contributed by atoms with Crippen molar-refractivity contribution in [3.05, 3.63) is 103 Å². The Morgan fingerprint density at radius 1 is 0.750 bits per heavy atom. The van der Waals surface area contributed by atoms with E-state index in [0.29, 0.717) is 17.0 Å². The number of nitrogens with zero attached hydrogens (tertiary/aromatic N) is 1. The number of benzene rings is 3. The van der Waals surface area contributed by atoms with Gasteiger partial charge in [-0.2, -0.15) is 0 Å². The fourth-order valence-electron chi connectivity index (χ4n) is 2.79. The third-order valence-electron chi connectivity index (χ3n) is 4.03. The van der Waals surface area contributed by atoms with Gasteiger partial charge in [0.15, 0.2) is 0 Å². The second kappa shape index (κ2) is 9.76. The standard InChI is InChI=1S/C23H13F2N.Au.ClH/c24-19-11-12-21(25)20(15-19)18-13-22(16-7-3-1-4-8-16)26-23(14-18)17-9-5-2-6-10-17;;/h1-7,9,11-15H;;1H/q-2;+1;/p-1. The Hall–Kier alpha value is -2.30. The summed E-state index contributed by atoms with van der Waals surface area (Å²) >= 11 is 1.75. The van der Waals surface area contributed by atoms with E-state index < -0.39 is 11.6 Å². The van der Waals surface area contributed by atoms with E-state index in [2.05, 4.69) is 26.3 Å². The fraction of sp³-hybridized carbons (Fsp3) is 0. The van der Waals surface area contributed by atoms with Gasteiger partial charge >= 0.3 is 29.2 Å². The molecule has 0 saturated heterocycles. The Kier molecular flexibility index (Phi) is 7.12. The summed E-state index contributed by atoms with van der Waals surface area (Å²) in [4.78, 5) is 4.67. The van der Waals surface area contributed by atoms with Gasteiger partial charge in [0, 0.05) is 5.56 Å². The average Bonchev–Trinajstić information content (AvgIpc) is 2.78. The van der Waals surface area contributed by atoms with Crippen LogP contribution < -0.4 is 0 Å². The number of rotatable bonds is 3. The maximum absolute atomic E-state index is 14.3. The summed E-state index contributed by atoms with van der Waals surface area (Å²) in [5.74, 6) is -0.970. The molecule has 0 saturated carbocycles. The SMILES string of the molecule is Fc1ccc(F)c(-c2cc(-c3[c-]cccc3)nc(-c3[c-]cccc3)c2)c1.[Cl][Au]. The monoisotopic (exact) mass is 573 g/mol. The van der Waals surface area contributed by atoms with Gasteiger partial charge in [-0.15, -0.1) is 71.8 Å². The summed E-state index contributed by atoms with van der Waals surface area (Å²) in [6.45, 7) is 0. The van der Waals surface area contributed by atoms with Crippen LogP contribution in [0.2, 0.25) is 0 Å². The normalized spacial score (nSPS) is 10.2. The predicted molar refractivity (Wildman–Crippen MR) is 104 cm³/mol. The molecule has 0 spiro atoms. The topological polar surface area (TPSA) is 12.9 Å². The van der Waals surface area contributed by atoms with Gasteiger partial charge in [-0.1, -0.05) is 12.1 Å². The van der Waals surface area contributed by atoms with Crippen LogP contribution in [0.25, 0.3) is 33.6 Å². The molecular weight excluding hydrogens is 561 g/mol. The molecule has 0 N–H and O–H groups in total. The Balaban J connectivity index is 0.00000109. The van der Waals surface area contributed by atoms with Crippen LogP contribution in [0.3, 0.4) is 0 Å². The molecule has 0 aliphatic carbocycles. The van der Waals surface area contributed by atoms with Gasteiger partial charge in [-0.05, 0) is 35.2 Å². The molecule has 5 heteroatoms. The van der Waals surface area contributed by atoms with Gasteiger partial charge < -0.3 is 4.98 Å². The molecule has 0 atom stereocenters. The first-order chi connectivity index (χ1) is 13.7. The minimum atomic E-state index is -0.487. The van der Waals surface area contributed by atoms with Crippen molar-refractivity contribution < 1.29 is 28.8 Å². The van der Waals surface area contributed by atoms with Crippen molar-refractivity contribution in [2.75, 3.05) is 0 Å². The number of hydrogen-bond donors (Lipinski definition) is 0. The molecule has 0 bridgehead atoms. The molecule has 144 valence electrons. The summed E-state index contributed by atoms with van der Waals surface area (Å²) in [6, 6.07) is 28.0. The van der Waals surface area contributed by atoms with Crippen molar-refractivity contribution in [3.8, 4) is 33.6 Å². The average molecular weight is 574 g/mol. The van der Waals surface area contributed by atoms with Crippen molar-refractivity contribution >= 4 is 9.19 Å². The molecular formula is C23H13AuClF2N-2. The molecule has 0 aliphatic rings. The van der Waals surface area contributed by atoms with Gasteiger partial charge in [0.2, 0.25) is 0 Å². The van der Waals surface area contributed by atoms with E-state index >= 15 is 0 Å². The number of aromatic nitrogens is 1. The Morgan fingerprint density at radius 3 is 1.82 bits per heavy atom. The second-order valence-corrected chi connectivity index (χ2v) is 5.80. The van der Waals surface area contributed by atoms with Crippen LogP contribution in [-0.2, 0) is 20.0 Å². The van der Waals surface area contributed by atoms with E-state index in [4.69, 9.17) is 0 Å². The van der Waals surface area contributed by atoms with Crippen LogP contribution in [0.4, 0.5) is 8.78 Å². The van der Waals surface area contributed by atoms with E-state index in [0.717, 1.165) is 23.3 Å². The van der Waals surface area contributed by atoms with Gasteiger partial charge in [-0.3, -0.25) is 0 Å². The Labute approximate surface area is 178 Å². The second-order valence-electron chi connectivity index (χ2n) is 5.80. The summed E-state index contributed by atoms with van der Waals surface area (Å²) in [7, 11) is 4.58. The summed E-state index contributed by atoms with van der Waals surface area (Å²) in [5, 5.41) is 0. The van der Waals surface area contributed by atoms with Gasteiger partial charge in [-0.25, -0.2) is 8.78 Å². The first-order valence-electron chi connectivity index (χ1n) is 8.24. The van der Waals surface area contributed by atoms with Crippen LogP contribution in [0, 0.1) is 23.8 Å². The first kappa shape index (κ1) is 20.4. The molecule has 4 aromatic rings.